The predicted molar refractivity (Wildman–Crippen MR) is 104 cm³/mol. The van der Waals surface area contributed by atoms with E-state index in [0.29, 0.717) is 19.0 Å². The average Bonchev–Trinajstić information content (AvgIpc) is 3.39. The largest absolute Gasteiger partial charge is 0.462 e. The highest BCUT2D eigenvalue weighted by Gasteiger charge is 2.29. The van der Waals surface area contributed by atoms with Crippen LogP contribution in [0.5, 0.6) is 0 Å². The molecule has 26 heavy (non-hydrogen) atoms. The Balaban J connectivity index is 1.39. The molecule has 3 aliphatic rings. The zero-order valence-electron chi connectivity index (χ0n) is 16.2. The van der Waals surface area contributed by atoms with E-state index in [-0.39, 0.29) is 12.1 Å². The molecule has 1 unspecified atom stereocenters. The lowest BCUT2D eigenvalue weighted by Crippen LogP contribution is -2.42. The van der Waals surface area contributed by atoms with Gasteiger partial charge in [-0.1, -0.05) is 12.2 Å². The van der Waals surface area contributed by atoms with Crippen molar-refractivity contribution in [1.29, 1.82) is 0 Å². The first-order valence-corrected chi connectivity index (χ1v) is 10.4. The minimum Gasteiger partial charge on any atom is -0.462 e. The van der Waals surface area contributed by atoms with Gasteiger partial charge in [-0.2, -0.15) is 0 Å². The highest BCUT2D eigenvalue weighted by Crippen LogP contribution is 2.21. The summed E-state index contributed by atoms with van der Waals surface area (Å²) in [5.74, 6) is 0.936. The van der Waals surface area contributed by atoms with E-state index in [9.17, 15) is 4.79 Å². The summed E-state index contributed by atoms with van der Waals surface area (Å²) in [5.41, 5.74) is 0. The summed E-state index contributed by atoms with van der Waals surface area (Å²) in [6, 6.07) is 0.621. The minimum absolute atomic E-state index is 0.0557. The van der Waals surface area contributed by atoms with E-state index in [4.69, 9.17) is 9.73 Å². The zero-order valence-corrected chi connectivity index (χ0v) is 16.2. The number of nitrogens with one attached hydrogen (secondary N) is 1. The van der Waals surface area contributed by atoms with Crippen LogP contribution in [0, 0.1) is 0 Å². The smallest absolute Gasteiger partial charge is 0.306 e. The van der Waals surface area contributed by atoms with Crippen molar-refractivity contribution in [2.24, 2.45) is 4.99 Å². The Hall–Kier alpha value is -1.56. The van der Waals surface area contributed by atoms with Crippen molar-refractivity contribution < 1.29 is 9.53 Å². The van der Waals surface area contributed by atoms with Crippen LogP contribution >= 0.6 is 0 Å². The fourth-order valence-electron chi connectivity index (χ4n) is 4.11. The molecule has 0 aromatic rings. The summed E-state index contributed by atoms with van der Waals surface area (Å²) in [6.07, 6.45) is 11.6. The van der Waals surface area contributed by atoms with Crippen molar-refractivity contribution in [3.05, 3.63) is 12.2 Å². The van der Waals surface area contributed by atoms with Crippen molar-refractivity contribution in [3.63, 3.8) is 0 Å². The Bertz CT molecular complexity index is 506. The van der Waals surface area contributed by atoms with Crippen LogP contribution in [0.2, 0.25) is 0 Å². The van der Waals surface area contributed by atoms with Crippen molar-refractivity contribution >= 4 is 11.9 Å². The molecule has 1 aliphatic carbocycles. The first kappa shape index (κ1) is 19.2. The van der Waals surface area contributed by atoms with E-state index >= 15 is 0 Å². The van der Waals surface area contributed by atoms with Crippen molar-refractivity contribution in [1.82, 2.24) is 15.1 Å². The van der Waals surface area contributed by atoms with Crippen LogP contribution in [0.15, 0.2) is 17.1 Å². The maximum atomic E-state index is 11.9. The van der Waals surface area contributed by atoms with Gasteiger partial charge in [0.05, 0.1) is 0 Å². The second-order valence-corrected chi connectivity index (χ2v) is 7.55. The molecule has 2 aliphatic heterocycles. The fourth-order valence-corrected chi connectivity index (χ4v) is 4.11. The number of hydrogen-bond donors (Lipinski definition) is 1. The molecular formula is C20H34N4O2. The zero-order chi connectivity index (χ0) is 18.2. The van der Waals surface area contributed by atoms with E-state index in [1.54, 1.807) is 0 Å². The van der Waals surface area contributed by atoms with Crippen LogP contribution in [-0.2, 0) is 9.53 Å². The van der Waals surface area contributed by atoms with Gasteiger partial charge in [0.25, 0.3) is 0 Å². The second kappa shape index (κ2) is 9.95. The molecule has 2 fully saturated rings. The molecule has 0 aromatic carbocycles. The maximum absolute atomic E-state index is 11.9. The monoisotopic (exact) mass is 362 g/mol. The standard InChI is InChI=1S/C20H34N4O2/c1-2-21-20(24-15-11-17(16-24)23-13-5-6-14-23)22-12-7-10-19(25)26-18-8-3-4-9-18/h5-6,17-18H,2-4,7-16H2,1H3,(H,21,22). The Morgan fingerprint density at radius 1 is 1.23 bits per heavy atom. The molecule has 2 heterocycles. The number of likely N-dealkylation sites (tertiary alicyclic amines) is 1. The number of carbonyl (C=O) groups is 1. The maximum Gasteiger partial charge on any atom is 0.306 e. The van der Waals surface area contributed by atoms with Crippen molar-refractivity contribution in [2.75, 3.05) is 39.3 Å². The van der Waals surface area contributed by atoms with Gasteiger partial charge < -0.3 is 15.0 Å². The Morgan fingerprint density at radius 3 is 2.73 bits per heavy atom. The van der Waals surface area contributed by atoms with Gasteiger partial charge in [-0.15, -0.1) is 0 Å². The Morgan fingerprint density at radius 2 is 2.00 bits per heavy atom. The first-order valence-electron chi connectivity index (χ1n) is 10.4. The van der Waals surface area contributed by atoms with Gasteiger partial charge in [0.1, 0.15) is 6.10 Å². The topological polar surface area (TPSA) is 57.2 Å². The molecule has 1 N–H and O–H groups in total. The number of ether oxygens (including phenoxy) is 1. The number of carbonyl (C=O) groups excluding carboxylic acids is 1. The molecule has 146 valence electrons. The molecule has 0 amide bonds. The third-order valence-electron chi connectivity index (χ3n) is 5.56. The first-order chi connectivity index (χ1) is 12.8. The SMILES string of the molecule is CCNC(=NCCCC(=O)OC1CCCC1)N1CCC(N2CC=CC2)C1. The number of aliphatic imine (C=N–C) groups is 1. The summed E-state index contributed by atoms with van der Waals surface area (Å²) >= 11 is 0. The van der Waals surface area contributed by atoms with Gasteiger partial charge in [0, 0.05) is 51.7 Å². The van der Waals surface area contributed by atoms with E-state index in [1.165, 1.54) is 19.3 Å². The number of rotatable bonds is 7. The van der Waals surface area contributed by atoms with E-state index in [0.717, 1.165) is 57.9 Å². The van der Waals surface area contributed by atoms with E-state index < -0.39 is 0 Å². The summed E-state index contributed by atoms with van der Waals surface area (Å²) < 4.78 is 5.51. The van der Waals surface area contributed by atoms with Crippen LogP contribution in [-0.4, -0.2) is 73.1 Å². The minimum atomic E-state index is -0.0557. The lowest BCUT2D eigenvalue weighted by atomic mass is 10.2. The highest BCUT2D eigenvalue weighted by atomic mass is 16.5. The third kappa shape index (κ3) is 5.47. The summed E-state index contributed by atoms with van der Waals surface area (Å²) in [7, 11) is 0. The molecule has 0 spiro atoms. The predicted octanol–water partition coefficient (Wildman–Crippen LogP) is 2.16. The molecular weight excluding hydrogens is 328 g/mol. The second-order valence-electron chi connectivity index (χ2n) is 7.55. The number of nitrogens with zero attached hydrogens (tertiary/aromatic N) is 3. The number of guanidine groups is 1. The Labute approximate surface area is 157 Å². The van der Waals surface area contributed by atoms with Crippen LogP contribution < -0.4 is 5.32 Å². The molecule has 6 nitrogen and oxygen atoms in total. The van der Waals surface area contributed by atoms with E-state index in [2.05, 4.69) is 34.2 Å². The van der Waals surface area contributed by atoms with Crippen LogP contribution in [0.1, 0.15) is 51.9 Å². The average molecular weight is 363 g/mol. The summed E-state index contributed by atoms with van der Waals surface area (Å²) in [6.45, 7) is 7.90. The van der Waals surface area contributed by atoms with Gasteiger partial charge >= 0.3 is 5.97 Å². The van der Waals surface area contributed by atoms with Crippen LogP contribution in [0.3, 0.4) is 0 Å². The lowest BCUT2D eigenvalue weighted by Gasteiger charge is -2.25. The van der Waals surface area contributed by atoms with Crippen molar-refractivity contribution in [2.45, 2.75) is 64.0 Å². The van der Waals surface area contributed by atoms with E-state index in [1.807, 2.05) is 0 Å². The van der Waals surface area contributed by atoms with Gasteiger partial charge in [-0.05, 0) is 45.4 Å². The molecule has 1 atom stereocenters. The fraction of sp³-hybridized carbons (Fsp3) is 0.800. The molecule has 1 saturated heterocycles. The number of esters is 1. The van der Waals surface area contributed by atoms with Gasteiger partial charge in [-0.3, -0.25) is 14.7 Å². The summed E-state index contributed by atoms with van der Waals surface area (Å²) in [5, 5.41) is 3.41. The van der Waals surface area contributed by atoms with Gasteiger partial charge in [0.15, 0.2) is 5.96 Å². The molecule has 0 aromatic heterocycles. The quantitative estimate of drug-likeness (QED) is 0.247. The number of hydrogen-bond acceptors (Lipinski definition) is 4. The van der Waals surface area contributed by atoms with Crippen LogP contribution in [0.4, 0.5) is 0 Å². The normalized spacial score (nSPS) is 24.6. The highest BCUT2D eigenvalue weighted by molar-refractivity contribution is 5.80. The Kier molecular flexibility index (Phi) is 7.35. The van der Waals surface area contributed by atoms with Crippen LogP contribution in [0.25, 0.3) is 0 Å². The molecule has 6 heteroatoms. The summed E-state index contributed by atoms with van der Waals surface area (Å²) in [4.78, 5) is 21.6. The molecule has 1 saturated carbocycles. The molecule has 0 bridgehead atoms. The third-order valence-corrected chi connectivity index (χ3v) is 5.56. The molecule has 0 radical (unpaired) electrons. The van der Waals surface area contributed by atoms with Gasteiger partial charge in [0.2, 0.25) is 0 Å². The van der Waals surface area contributed by atoms with Crippen molar-refractivity contribution in [3.8, 4) is 0 Å². The van der Waals surface area contributed by atoms with Gasteiger partial charge in [-0.25, -0.2) is 0 Å². The lowest BCUT2D eigenvalue weighted by molar-refractivity contribution is -0.148. The molecule has 3 rings (SSSR count).